The summed E-state index contributed by atoms with van der Waals surface area (Å²) in [5.74, 6) is 0.171. The average molecular weight is 693 g/mol. The maximum absolute atomic E-state index is 15.8. The second-order valence-electron chi connectivity index (χ2n) is 9.90. The Labute approximate surface area is 255 Å². The summed E-state index contributed by atoms with van der Waals surface area (Å²) < 4.78 is 52.8. The number of nitrogen functional groups attached to an aromatic ring is 2. The number of fused-ring (bicyclic) bond motifs is 5. The SMILES string of the molecule is Nc1ncnc2c1ncn2[C@@H]1O[C@@H]2COP(O)(=S)O[C@@H]3[C@@H](F)[C@@H](COP(O)(=S)O[C@H]2[C@H]1O)O[C@H]3n1cnc2c(N)ncnc21. The maximum Gasteiger partial charge on any atom is 0.325 e. The zero-order valence-electron chi connectivity index (χ0n) is 22.0. The Hall–Kier alpha value is -2.43. The highest BCUT2D eigenvalue weighted by molar-refractivity contribution is 8.07. The van der Waals surface area contributed by atoms with Crippen molar-refractivity contribution < 1.29 is 46.9 Å². The van der Waals surface area contributed by atoms with Gasteiger partial charge in [-0.25, -0.2) is 34.3 Å². The number of nitrogens with two attached hydrogens (primary N) is 2. The number of imidazole rings is 2. The largest absolute Gasteiger partial charge is 0.386 e. The van der Waals surface area contributed by atoms with Gasteiger partial charge in [0.25, 0.3) is 0 Å². The third-order valence-corrected chi connectivity index (χ3v) is 10.3. The first-order chi connectivity index (χ1) is 20.9. The molecule has 3 fully saturated rings. The monoisotopic (exact) mass is 692 g/mol. The first-order valence-electron chi connectivity index (χ1n) is 12.7. The van der Waals surface area contributed by atoms with Crippen LogP contribution in [0.4, 0.5) is 16.0 Å². The third kappa shape index (κ3) is 5.28. The van der Waals surface area contributed by atoms with E-state index in [9.17, 15) is 14.9 Å². The van der Waals surface area contributed by atoms with Gasteiger partial charge in [0.2, 0.25) is 0 Å². The second kappa shape index (κ2) is 11.1. The van der Waals surface area contributed by atoms with Crippen LogP contribution >= 0.6 is 13.4 Å². The summed E-state index contributed by atoms with van der Waals surface area (Å²) in [7, 11) is 0. The number of hydrogen-bond acceptors (Lipinski definition) is 17. The molecule has 0 saturated carbocycles. The van der Waals surface area contributed by atoms with E-state index in [1.807, 2.05) is 0 Å². The summed E-state index contributed by atoms with van der Waals surface area (Å²) in [5, 5.41) is 11.3. The van der Waals surface area contributed by atoms with Crippen LogP contribution in [-0.2, 0) is 51.2 Å². The lowest BCUT2D eigenvalue weighted by Gasteiger charge is -2.28. The minimum atomic E-state index is -4.24. The Morgan fingerprint density at radius 2 is 1.27 bits per heavy atom. The molecule has 7 rings (SSSR count). The van der Waals surface area contributed by atoms with Crippen molar-refractivity contribution in [2.75, 3.05) is 24.7 Å². The van der Waals surface area contributed by atoms with Crippen LogP contribution in [0, 0.1) is 0 Å². The molecule has 44 heavy (non-hydrogen) atoms. The van der Waals surface area contributed by atoms with Crippen molar-refractivity contribution in [2.45, 2.75) is 49.1 Å². The van der Waals surface area contributed by atoms with Crippen LogP contribution in [0.1, 0.15) is 12.5 Å². The summed E-state index contributed by atoms with van der Waals surface area (Å²) in [6.07, 6.45) is -6.50. The molecule has 10 atom stereocenters. The lowest BCUT2D eigenvalue weighted by atomic mass is 10.1. The Morgan fingerprint density at radius 3 is 1.86 bits per heavy atom. The predicted octanol–water partition coefficient (Wildman–Crippen LogP) is -0.425. The highest BCUT2D eigenvalue weighted by Crippen LogP contribution is 2.54. The number of rotatable bonds is 2. The van der Waals surface area contributed by atoms with E-state index in [1.165, 1.54) is 34.4 Å². The standard InChI is InChI=1S/C20H23FN10O9P2S2/c21-9-7-1-35-41(33,43)39-13-8(38-19(12(13)32)30-5-28-10-15(22)24-3-26-17(10)30)2-36-42(34,44)40-14(9)20(37-7)31-6-29-11-16(23)25-4-27-18(11)31/h3-9,12-14,19-20,32H,1-2H2,(H,33,43)(H,34,44)(H2,22,24,26)(H2,23,25,27)/t7-,8-,9+,12-,13-,14-,19-,20-,41?,42?/m1/s1. The summed E-state index contributed by atoms with van der Waals surface area (Å²) in [4.78, 5) is 46.4. The molecule has 0 radical (unpaired) electrons. The molecule has 236 valence electrons. The van der Waals surface area contributed by atoms with Gasteiger partial charge in [0, 0.05) is 0 Å². The van der Waals surface area contributed by atoms with Crippen LogP contribution < -0.4 is 11.5 Å². The Bertz CT molecular complexity index is 1840. The van der Waals surface area contributed by atoms with E-state index in [4.69, 9.17) is 62.6 Å². The fraction of sp³-hybridized carbons (Fsp3) is 0.500. The highest BCUT2D eigenvalue weighted by atomic mass is 32.5. The normalized spacial score (nSPS) is 38.3. The fourth-order valence-electron chi connectivity index (χ4n) is 5.20. The van der Waals surface area contributed by atoms with Crippen LogP contribution in [0.2, 0.25) is 0 Å². The predicted molar refractivity (Wildman–Crippen MR) is 153 cm³/mol. The van der Waals surface area contributed by atoms with Crippen LogP contribution in [0.3, 0.4) is 0 Å². The van der Waals surface area contributed by atoms with Gasteiger partial charge < -0.3 is 44.9 Å². The Kier molecular flexibility index (Phi) is 7.64. The zero-order valence-corrected chi connectivity index (χ0v) is 25.4. The highest BCUT2D eigenvalue weighted by Gasteiger charge is 2.53. The van der Waals surface area contributed by atoms with E-state index >= 15 is 4.39 Å². The molecule has 3 aliphatic rings. The van der Waals surface area contributed by atoms with Gasteiger partial charge in [-0.3, -0.25) is 18.2 Å². The lowest BCUT2D eigenvalue weighted by Crippen LogP contribution is -2.36. The quantitative estimate of drug-likeness (QED) is 0.167. The van der Waals surface area contributed by atoms with E-state index in [-0.39, 0.29) is 34.0 Å². The van der Waals surface area contributed by atoms with Crippen LogP contribution in [0.15, 0.2) is 25.3 Å². The van der Waals surface area contributed by atoms with Crippen LogP contribution in [0.25, 0.3) is 22.3 Å². The van der Waals surface area contributed by atoms with Crippen molar-refractivity contribution in [2.24, 2.45) is 0 Å². The lowest BCUT2D eigenvalue weighted by molar-refractivity contribution is -0.0604. The van der Waals surface area contributed by atoms with E-state index in [0.717, 1.165) is 0 Å². The molecule has 7 heterocycles. The molecule has 19 nitrogen and oxygen atoms in total. The first-order valence-corrected chi connectivity index (χ1v) is 17.9. The van der Waals surface area contributed by atoms with Gasteiger partial charge in [0.05, 0.1) is 25.9 Å². The number of aromatic nitrogens is 8. The topological polar surface area (TPSA) is 255 Å². The number of aliphatic hydroxyl groups is 1. The number of alkyl halides is 1. The molecule has 24 heteroatoms. The molecule has 2 unspecified atom stereocenters. The summed E-state index contributed by atoms with van der Waals surface area (Å²) >= 11 is 10.4. The maximum atomic E-state index is 15.8. The molecular weight excluding hydrogens is 669 g/mol. The minimum Gasteiger partial charge on any atom is -0.386 e. The van der Waals surface area contributed by atoms with Gasteiger partial charge in [-0.2, -0.15) is 0 Å². The van der Waals surface area contributed by atoms with E-state index < -0.39 is 75.8 Å². The molecule has 0 spiro atoms. The van der Waals surface area contributed by atoms with Gasteiger partial charge in [-0.05, 0) is 23.6 Å². The van der Waals surface area contributed by atoms with Gasteiger partial charge in [0.1, 0.15) is 54.2 Å². The molecule has 0 aliphatic carbocycles. The number of anilines is 2. The minimum absolute atomic E-state index is 0.0722. The van der Waals surface area contributed by atoms with Crippen molar-refractivity contribution >= 4 is 71.0 Å². The molecule has 0 amide bonds. The molecule has 7 N–H and O–H groups in total. The Morgan fingerprint density at radius 1 is 0.773 bits per heavy atom. The van der Waals surface area contributed by atoms with E-state index in [1.54, 1.807) is 0 Å². The van der Waals surface area contributed by atoms with Gasteiger partial charge >= 0.3 is 13.4 Å². The number of hydrogen-bond donors (Lipinski definition) is 5. The number of halogens is 1. The fourth-order valence-corrected chi connectivity index (χ4v) is 8.05. The molecular formula is C20H23FN10O9P2S2. The van der Waals surface area contributed by atoms with Gasteiger partial charge in [-0.15, -0.1) is 0 Å². The van der Waals surface area contributed by atoms with Crippen molar-refractivity contribution in [3.8, 4) is 0 Å². The van der Waals surface area contributed by atoms with Crippen LogP contribution in [0.5, 0.6) is 0 Å². The molecule has 3 saturated heterocycles. The average Bonchev–Trinajstić information content (AvgIpc) is 3.73. The van der Waals surface area contributed by atoms with Crippen molar-refractivity contribution in [1.29, 1.82) is 0 Å². The van der Waals surface area contributed by atoms with Crippen molar-refractivity contribution in [3.63, 3.8) is 0 Å². The Balaban J connectivity index is 1.20. The van der Waals surface area contributed by atoms with Crippen LogP contribution in [-0.4, -0.2) is 104 Å². The van der Waals surface area contributed by atoms with Gasteiger partial charge in [-0.1, -0.05) is 0 Å². The molecule has 4 aromatic heterocycles. The first kappa shape index (κ1) is 30.2. The molecule has 3 aliphatic heterocycles. The second-order valence-corrected chi connectivity index (χ2v) is 15.5. The zero-order chi connectivity index (χ0) is 31.0. The molecule has 0 aromatic carbocycles. The summed E-state index contributed by atoms with van der Waals surface area (Å²) in [5.41, 5.74) is 12.7. The number of aliphatic hydroxyl groups excluding tert-OH is 1. The summed E-state index contributed by atoms with van der Waals surface area (Å²) in [6.45, 7) is -9.58. The van der Waals surface area contributed by atoms with Crippen molar-refractivity contribution in [3.05, 3.63) is 25.3 Å². The van der Waals surface area contributed by atoms with Crippen molar-refractivity contribution in [1.82, 2.24) is 39.0 Å². The number of nitrogens with zero attached hydrogens (tertiary/aromatic N) is 8. The van der Waals surface area contributed by atoms with Gasteiger partial charge in [0.15, 0.2) is 41.6 Å². The third-order valence-electron chi connectivity index (χ3n) is 7.21. The number of ether oxygens (including phenoxy) is 2. The summed E-state index contributed by atoms with van der Waals surface area (Å²) in [6, 6.07) is 0. The smallest absolute Gasteiger partial charge is 0.325 e. The molecule has 4 aromatic rings. The van der Waals surface area contributed by atoms with E-state index in [2.05, 4.69) is 29.9 Å². The molecule has 2 bridgehead atoms. The van der Waals surface area contributed by atoms with E-state index in [0.29, 0.717) is 0 Å².